The molecule has 4 N–H and O–H groups in total. The molecular weight excluding hydrogens is 344 g/mol. The molecule has 2 aromatic rings. The van der Waals surface area contributed by atoms with E-state index in [2.05, 4.69) is 15.0 Å². The molecule has 0 saturated carbocycles. The molecule has 2 aromatic heterocycles. The topological polar surface area (TPSA) is 176 Å². The summed E-state index contributed by atoms with van der Waals surface area (Å²) in [7, 11) is 0. The average Bonchev–Trinajstić information content (AvgIpc) is 2.39. The van der Waals surface area contributed by atoms with Gasteiger partial charge in [-0.2, -0.15) is 0 Å². The van der Waals surface area contributed by atoms with E-state index in [0.717, 1.165) is 17.8 Å². The second-order valence-corrected chi connectivity index (χ2v) is 3.54. The number of nitrogens with two attached hydrogens (primary N) is 1. The van der Waals surface area contributed by atoms with Crippen molar-refractivity contribution in [3.8, 4) is 0 Å². The molecular formula is C12H12CuN4O5. The number of nitrogens with zero attached hydrogens (tertiary/aromatic N) is 3. The van der Waals surface area contributed by atoms with E-state index in [-0.39, 0.29) is 22.5 Å². The Morgan fingerprint density at radius 2 is 1.55 bits per heavy atom. The fourth-order valence-corrected chi connectivity index (χ4v) is 1.13. The van der Waals surface area contributed by atoms with Crippen LogP contribution in [0.3, 0.4) is 0 Å². The van der Waals surface area contributed by atoms with Crippen molar-refractivity contribution in [2.24, 2.45) is 0 Å². The average molecular weight is 356 g/mol. The van der Waals surface area contributed by atoms with Gasteiger partial charge in [0.1, 0.15) is 0 Å². The summed E-state index contributed by atoms with van der Waals surface area (Å²) in [6.45, 7) is 1.87. The van der Waals surface area contributed by atoms with E-state index < -0.39 is 23.3 Å². The zero-order valence-electron chi connectivity index (χ0n) is 11.2. The number of rotatable bonds is 2. The number of carboxylic acid groups (broad SMARTS) is 2. The van der Waals surface area contributed by atoms with Gasteiger partial charge in [0.25, 0.3) is 0 Å². The number of nitrogen functional groups attached to an aromatic ring is 1. The molecule has 0 unspecified atom stereocenters. The molecule has 0 bridgehead atoms. The summed E-state index contributed by atoms with van der Waals surface area (Å²) in [6, 6.07) is 5.34. The molecule has 2 rings (SSSR count). The summed E-state index contributed by atoms with van der Waals surface area (Å²) >= 11 is 0. The number of hydrogen-bond acceptors (Lipinski definition) is 8. The minimum Gasteiger partial charge on any atom is -0.543 e. The molecule has 0 spiro atoms. The van der Waals surface area contributed by atoms with Gasteiger partial charge in [0.05, 0.1) is 23.3 Å². The molecule has 0 fully saturated rings. The molecule has 2 heterocycles. The van der Waals surface area contributed by atoms with Gasteiger partial charge in [-0.05, 0) is 25.1 Å². The molecule has 0 atom stereocenters. The Hall–Kier alpha value is -2.55. The van der Waals surface area contributed by atoms with Crippen LogP contribution in [0.2, 0.25) is 0 Å². The molecule has 0 aliphatic heterocycles. The monoisotopic (exact) mass is 355 g/mol. The maximum atomic E-state index is 10.2. The number of carbonyl (C=O) groups is 2. The van der Waals surface area contributed by atoms with Gasteiger partial charge in [-0.3, -0.25) is 0 Å². The Kier molecular flexibility index (Phi) is 10.1. The van der Waals surface area contributed by atoms with Crippen molar-refractivity contribution in [3.05, 3.63) is 47.5 Å². The maximum absolute atomic E-state index is 10.2. The molecule has 0 amide bonds. The van der Waals surface area contributed by atoms with Crippen LogP contribution in [0.1, 0.15) is 26.7 Å². The van der Waals surface area contributed by atoms with Crippen molar-refractivity contribution in [2.45, 2.75) is 6.92 Å². The summed E-state index contributed by atoms with van der Waals surface area (Å²) in [4.78, 5) is 31.2. The van der Waals surface area contributed by atoms with E-state index in [4.69, 9.17) is 5.73 Å². The number of anilines is 1. The zero-order chi connectivity index (χ0) is 15.1. The SMILES string of the molecule is Cc1ccnc(N)n1.O.O=C([O-])c1cccc(C(=O)[O-])n1.[Cu+2]. The summed E-state index contributed by atoms with van der Waals surface area (Å²) in [5.74, 6) is -2.69. The molecule has 10 heteroatoms. The molecule has 9 nitrogen and oxygen atoms in total. The third-order valence-corrected chi connectivity index (χ3v) is 1.98. The van der Waals surface area contributed by atoms with Crippen molar-refractivity contribution in [1.82, 2.24) is 15.0 Å². The van der Waals surface area contributed by atoms with Crippen LogP contribution in [-0.4, -0.2) is 32.4 Å². The standard InChI is InChI=1S/C7H5NO4.C5H7N3.Cu.H2O/c9-6(10)4-2-1-3-5(8-4)7(11)12;1-4-2-3-7-5(6)8-4;;/h1-3H,(H,9,10)(H,11,12);2-3H,1H3,(H2,6,7,8);;1H2/q;;+2;/p-2. The van der Waals surface area contributed by atoms with E-state index in [9.17, 15) is 19.8 Å². The molecule has 121 valence electrons. The molecule has 0 saturated heterocycles. The second kappa shape index (κ2) is 10.2. The zero-order valence-corrected chi connectivity index (χ0v) is 12.2. The number of hydrogen-bond donors (Lipinski definition) is 1. The summed E-state index contributed by atoms with van der Waals surface area (Å²) in [5, 5.41) is 20.4. The first kappa shape index (κ1) is 21.7. The minimum absolute atomic E-state index is 0. The van der Waals surface area contributed by atoms with Crippen LogP contribution in [0.25, 0.3) is 0 Å². The van der Waals surface area contributed by atoms with Crippen molar-refractivity contribution < 1.29 is 42.3 Å². The first-order valence-corrected chi connectivity index (χ1v) is 5.35. The van der Waals surface area contributed by atoms with E-state index in [1.807, 2.05) is 6.92 Å². The normalized spacial score (nSPS) is 8.41. The van der Waals surface area contributed by atoms with Crippen LogP contribution < -0.4 is 15.9 Å². The van der Waals surface area contributed by atoms with Gasteiger partial charge in [0, 0.05) is 11.9 Å². The number of aryl methyl sites for hydroxylation is 1. The minimum atomic E-state index is -1.52. The van der Waals surface area contributed by atoms with Crippen LogP contribution in [0.4, 0.5) is 5.95 Å². The Morgan fingerprint density at radius 3 is 1.86 bits per heavy atom. The number of carbonyl (C=O) groups excluding carboxylic acids is 2. The van der Waals surface area contributed by atoms with Crippen LogP contribution >= 0.6 is 0 Å². The number of carboxylic acids is 2. The summed E-state index contributed by atoms with van der Waals surface area (Å²) < 4.78 is 0. The van der Waals surface area contributed by atoms with E-state index >= 15 is 0 Å². The van der Waals surface area contributed by atoms with Crippen molar-refractivity contribution in [1.29, 1.82) is 0 Å². The largest absolute Gasteiger partial charge is 2.00 e. The fraction of sp³-hybridized carbons (Fsp3) is 0.0833. The van der Waals surface area contributed by atoms with Gasteiger partial charge >= 0.3 is 17.1 Å². The van der Waals surface area contributed by atoms with Crippen molar-refractivity contribution in [3.63, 3.8) is 0 Å². The smallest absolute Gasteiger partial charge is 0.543 e. The Morgan fingerprint density at radius 1 is 1.05 bits per heavy atom. The summed E-state index contributed by atoms with van der Waals surface area (Å²) in [5.41, 5.74) is 5.30. The number of pyridine rings is 1. The van der Waals surface area contributed by atoms with Gasteiger partial charge in [0.15, 0.2) is 0 Å². The van der Waals surface area contributed by atoms with Crippen LogP contribution in [0.15, 0.2) is 30.5 Å². The third-order valence-electron chi connectivity index (χ3n) is 1.98. The quantitative estimate of drug-likeness (QED) is 0.567. The van der Waals surface area contributed by atoms with Crippen molar-refractivity contribution >= 4 is 17.9 Å². The molecule has 22 heavy (non-hydrogen) atoms. The Labute approximate surface area is 136 Å². The molecule has 0 aliphatic rings. The predicted octanol–water partition coefficient (Wildman–Crippen LogP) is -2.65. The van der Waals surface area contributed by atoms with Crippen LogP contribution in [0, 0.1) is 6.92 Å². The van der Waals surface area contributed by atoms with Crippen LogP contribution in [0.5, 0.6) is 0 Å². The first-order valence-electron chi connectivity index (χ1n) is 5.35. The Bertz CT molecular complexity index is 592. The molecule has 0 aromatic carbocycles. The maximum Gasteiger partial charge on any atom is 2.00 e. The van der Waals surface area contributed by atoms with E-state index in [1.165, 1.54) is 6.07 Å². The fourth-order valence-electron chi connectivity index (χ4n) is 1.13. The van der Waals surface area contributed by atoms with Gasteiger partial charge in [0.2, 0.25) is 5.95 Å². The summed E-state index contributed by atoms with van der Waals surface area (Å²) in [6.07, 6.45) is 1.64. The first-order chi connectivity index (χ1) is 9.40. The van der Waals surface area contributed by atoms with Gasteiger partial charge < -0.3 is 31.0 Å². The van der Waals surface area contributed by atoms with E-state index in [1.54, 1.807) is 12.3 Å². The molecule has 0 aliphatic carbocycles. The third kappa shape index (κ3) is 7.29. The van der Waals surface area contributed by atoms with Gasteiger partial charge in [-0.15, -0.1) is 0 Å². The molecule has 1 radical (unpaired) electrons. The second-order valence-electron chi connectivity index (χ2n) is 3.54. The van der Waals surface area contributed by atoms with Gasteiger partial charge in [-0.1, -0.05) is 6.07 Å². The number of aromatic nitrogens is 3. The predicted molar refractivity (Wildman–Crippen MR) is 67.7 cm³/mol. The Balaban J connectivity index is 0. The van der Waals surface area contributed by atoms with Gasteiger partial charge in [-0.25, -0.2) is 15.0 Å². The number of aromatic carboxylic acids is 2. The van der Waals surface area contributed by atoms with Crippen LogP contribution in [-0.2, 0) is 17.1 Å². The van der Waals surface area contributed by atoms with Crippen molar-refractivity contribution in [2.75, 3.05) is 5.73 Å². The van der Waals surface area contributed by atoms with E-state index in [0.29, 0.717) is 5.95 Å².